The van der Waals surface area contributed by atoms with Crippen molar-refractivity contribution in [2.45, 2.75) is 6.61 Å². The summed E-state index contributed by atoms with van der Waals surface area (Å²) >= 11 is 0. The summed E-state index contributed by atoms with van der Waals surface area (Å²) in [7, 11) is 2.87. The van der Waals surface area contributed by atoms with Crippen molar-refractivity contribution in [1.29, 1.82) is 5.26 Å². The van der Waals surface area contributed by atoms with E-state index in [9.17, 15) is 4.79 Å². The highest BCUT2D eigenvalue weighted by molar-refractivity contribution is 5.89. The lowest BCUT2D eigenvalue weighted by Crippen LogP contribution is -2.02. The predicted molar refractivity (Wildman–Crippen MR) is 79.8 cm³/mol. The van der Waals surface area contributed by atoms with Crippen molar-refractivity contribution in [3.8, 4) is 17.6 Å². The average Bonchev–Trinajstić information content (AvgIpc) is 2.59. The zero-order valence-electron chi connectivity index (χ0n) is 12.3. The van der Waals surface area contributed by atoms with Gasteiger partial charge in [-0.05, 0) is 29.8 Å². The molecule has 0 heterocycles. The van der Waals surface area contributed by atoms with E-state index in [0.29, 0.717) is 29.2 Å². The second kappa shape index (κ2) is 7.14. The number of carbonyl (C=O) groups is 1. The highest BCUT2D eigenvalue weighted by atomic mass is 16.5. The lowest BCUT2D eigenvalue weighted by molar-refractivity contribution is 0.0600. The Kier molecular flexibility index (Phi) is 4.99. The Balaban J connectivity index is 2.07. The highest BCUT2D eigenvalue weighted by Gasteiger charge is 2.07. The fourth-order valence-corrected chi connectivity index (χ4v) is 1.87. The Bertz CT molecular complexity index is 702. The number of hydrogen-bond donors (Lipinski definition) is 0. The van der Waals surface area contributed by atoms with E-state index >= 15 is 0 Å². The van der Waals surface area contributed by atoms with E-state index < -0.39 is 0 Å². The summed E-state index contributed by atoms with van der Waals surface area (Å²) in [6.07, 6.45) is 0. The Hall–Kier alpha value is -3.00. The molecule has 0 amide bonds. The molecular weight excluding hydrogens is 282 g/mol. The Morgan fingerprint density at radius 3 is 2.41 bits per heavy atom. The SMILES string of the molecule is COC(=O)c1ccc(COc2ccc(C#N)cc2OC)cc1. The molecule has 0 atom stereocenters. The number of nitriles is 1. The number of nitrogens with zero attached hydrogens (tertiary/aromatic N) is 1. The number of esters is 1. The van der Waals surface area contributed by atoms with Crippen LogP contribution in [0.5, 0.6) is 11.5 Å². The molecule has 0 radical (unpaired) electrons. The van der Waals surface area contributed by atoms with E-state index in [1.165, 1.54) is 14.2 Å². The van der Waals surface area contributed by atoms with Gasteiger partial charge in [0.05, 0.1) is 31.4 Å². The van der Waals surface area contributed by atoms with Gasteiger partial charge in [-0.2, -0.15) is 5.26 Å². The zero-order chi connectivity index (χ0) is 15.9. The van der Waals surface area contributed by atoms with Gasteiger partial charge in [0, 0.05) is 6.07 Å². The summed E-state index contributed by atoms with van der Waals surface area (Å²) < 4.78 is 15.5. The van der Waals surface area contributed by atoms with Crippen molar-refractivity contribution < 1.29 is 19.0 Å². The molecule has 0 aliphatic carbocycles. The summed E-state index contributed by atoms with van der Waals surface area (Å²) in [6, 6.07) is 14.0. The van der Waals surface area contributed by atoms with Gasteiger partial charge in [0.2, 0.25) is 0 Å². The molecule has 5 nitrogen and oxygen atoms in total. The number of hydrogen-bond acceptors (Lipinski definition) is 5. The van der Waals surface area contributed by atoms with Gasteiger partial charge >= 0.3 is 5.97 Å². The maximum Gasteiger partial charge on any atom is 0.337 e. The van der Waals surface area contributed by atoms with Crippen LogP contribution in [0, 0.1) is 11.3 Å². The van der Waals surface area contributed by atoms with Gasteiger partial charge < -0.3 is 14.2 Å². The topological polar surface area (TPSA) is 68.5 Å². The van der Waals surface area contributed by atoms with Crippen LogP contribution in [0.15, 0.2) is 42.5 Å². The largest absolute Gasteiger partial charge is 0.493 e. The molecule has 0 aliphatic heterocycles. The number of ether oxygens (including phenoxy) is 3. The smallest absolute Gasteiger partial charge is 0.337 e. The molecule has 0 aliphatic rings. The van der Waals surface area contributed by atoms with Crippen molar-refractivity contribution in [3.05, 3.63) is 59.2 Å². The Morgan fingerprint density at radius 2 is 1.82 bits per heavy atom. The van der Waals surface area contributed by atoms with Gasteiger partial charge in [-0.15, -0.1) is 0 Å². The van der Waals surface area contributed by atoms with E-state index in [4.69, 9.17) is 14.7 Å². The maximum atomic E-state index is 11.4. The van der Waals surface area contributed by atoms with Crippen LogP contribution in [0.25, 0.3) is 0 Å². The highest BCUT2D eigenvalue weighted by Crippen LogP contribution is 2.28. The first kappa shape index (κ1) is 15.4. The minimum Gasteiger partial charge on any atom is -0.493 e. The van der Waals surface area contributed by atoms with Crippen LogP contribution in [0.1, 0.15) is 21.5 Å². The van der Waals surface area contributed by atoms with Crippen molar-refractivity contribution in [2.24, 2.45) is 0 Å². The monoisotopic (exact) mass is 297 g/mol. The van der Waals surface area contributed by atoms with Crippen LogP contribution < -0.4 is 9.47 Å². The molecule has 0 saturated heterocycles. The maximum absolute atomic E-state index is 11.4. The summed E-state index contributed by atoms with van der Waals surface area (Å²) in [5.41, 5.74) is 1.90. The fourth-order valence-electron chi connectivity index (χ4n) is 1.87. The summed E-state index contributed by atoms with van der Waals surface area (Å²) in [6.45, 7) is 0.323. The lowest BCUT2D eigenvalue weighted by Gasteiger charge is -2.11. The van der Waals surface area contributed by atoms with Gasteiger partial charge in [0.15, 0.2) is 11.5 Å². The van der Waals surface area contributed by atoms with Gasteiger partial charge in [-0.3, -0.25) is 0 Å². The summed E-state index contributed by atoms with van der Waals surface area (Å²) in [5, 5.41) is 8.86. The fraction of sp³-hybridized carbons (Fsp3) is 0.176. The minimum atomic E-state index is -0.374. The standard InChI is InChI=1S/C17H15NO4/c1-20-16-9-13(10-18)5-8-15(16)22-11-12-3-6-14(7-4-12)17(19)21-2/h3-9H,11H2,1-2H3. The molecule has 5 heteroatoms. The first-order chi connectivity index (χ1) is 10.7. The molecule has 0 spiro atoms. The number of methoxy groups -OCH3 is 2. The lowest BCUT2D eigenvalue weighted by atomic mass is 10.1. The first-order valence-electron chi connectivity index (χ1n) is 6.56. The van der Waals surface area contributed by atoms with Gasteiger partial charge in [0.1, 0.15) is 6.61 Å². The third-order valence-electron chi connectivity index (χ3n) is 3.06. The molecule has 2 aromatic rings. The molecular formula is C17H15NO4. The molecule has 0 bridgehead atoms. The van der Waals surface area contributed by atoms with Gasteiger partial charge in [0.25, 0.3) is 0 Å². The van der Waals surface area contributed by atoms with Gasteiger partial charge in [-0.25, -0.2) is 4.79 Å². The van der Waals surface area contributed by atoms with E-state index in [1.807, 2.05) is 6.07 Å². The average molecular weight is 297 g/mol. The third kappa shape index (κ3) is 3.55. The summed E-state index contributed by atoms with van der Waals surface area (Å²) in [5.74, 6) is 0.685. The Labute approximate surface area is 128 Å². The van der Waals surface area contributed by atoms with Crippen LogP contribution in [0.3, 0.4) is 0 Å². The van der Waals surface area contributed by atoms with Crippen LogP contribution >= 0.6 is 0 Å². The van der Waals surface area contributed by atoms with E-state index in [2.05, 4.69) is 4.74 Å². The Morgan fingerprint density at radius 1 is 1.09 bits per heavy atom. The van der Waals surface area contributed by atoms with Crippen molar-refractivity contribution in [1.82, 2.24) is 0 Å². The molecule has 22 heavy (non-hydrogen) atoms. The molecule has 0 saturated carbocycles. The summed E-state index contributed by atoms with van der Waals surface area (Å²) in [4.78, 5) is 11.4. The van der Waals surface area contributed by atoms with Crippen molar-refractivity contribution >= 4 is 5.97 Å². The molecule has 2 rings (SSSR count). The van der Waals surface area contributed by atoms with Crippen LogP contribution in [0.4, 0.5) is 0 Å². The van der Waals surface area contributed by atoms with Crippen LogP contribution in [-0.2, 0) is 11.3 Å². The van der Waals surface area contributed by atoms with Gasteiger partial charge in [-0.1, -0.05) is 12.1 Å². The van der Waals surface area contributed by atoms with Crippen molar-refractivity contribution in [3.63, 3.8) is 0 Å². The molecule has 0 N–H and O–H groups in total. The molecule has 0 aromatic heterocycles. The minimum absolute atomic E-state index is 0.323. The number of rotatable bonds is 5. The normalized spacial score (nSPS) is 9.68. The molecule has 0 unspecified atom stereocenters. The predicted octanol–water partition coefficient (Wildman–Crippen LogP) is 2.93. The van der Waals surface area contributed by atoms with Crippen molar-refractivity contribution in [2.75, 3.05) is 14.2 Å². The van der Waals surface area contributed by atoms with E-state index in [1.54, 1.807) is 42.5 Å². The van der Waals surface area contributed by atoms with Crippen LogP contribution in [-0.4, -0.2) is 20.2 Å². The molecule has 0 fully saturated rings. The van der Waals surface area contributed by atoms with Crippen LogP contribution in [0.2, 0.25) is 0 Å². The molecule has 112 valence electrons. The second-order valence-corrected chi connectivity index (χ2v) is 4.45. The zero-order valence-corrected chi connectivity index (χ0v) is 12.3. The number of carbonyl (C=O) groups excluding carboxylic acids is 1. The third-order valence-corrected chi connectivity index (χ3v) is 3.06. The number of benzene rings is 2. The van der Waals surface area contributed by atoms with E-state index in [0.717, 1.165) is 5.56 Å². The molecule has 2 aromatic carbocycles. The quantitative estimate of drug-likeness (QED) is 0.794. The first-order valence-corrected chi connectivity index (χ1v) is 6.56. The second-order valence-electron chi connectivity index (χ2n) is 4.45. The van der Waals surface area contributed by atoms with E-state index in [-0.39, 0.29) is 5.97 Å².